The van der Waals surface area contributed by atoms with Crippen molar-refractivity contribution in [1.29, 1.82) is 0 Å². The molecule has 2 aliphatic carbocycles. The van der Waals surface area contributed by atoms with E-state index in [4.69, 9.17) is 0 Å². The summed E-state index contributed by atoms with van der Waals surface area (Å²) in [5.41, 5.74) is -0.448. The first kappa shape index (κ1) is 7.96. The van der Waals surface area contributed by atoms with Crippen LogP contribution in [0.4, 0.5) is 0 Å². The van der Waals surface area contributed by atoms with Crippen molar-refractivity contribution < 1.29 is 9.59 Å². The number of hydrogen-bond acceptors (Lipinski definition) is 2. The first-order valence-corrected chi connectivity index (χ1v) is 4.50. The van der Waals surface area contributed by atoms with Gasteiger partial charge in [0.05, 0.1) is 0 Å². The molecule has 66 valence electrons. The van der Waals surface area contributed by atoms with Gasteiger partial charge < -0.3 is 0 Å². The first-order chi connectivity index (χ1) is 5.41. The molecule has 0 aromatic heterocycles. The maximum atomic E-state index is 11.6. The molecule has 0 spiro atoms. The number of fused-ring (bicyclic) bond motifs is 2. The van der Waals surface area contributed by atoms with E-state index in [-0.39, 0.29) is 28.3 Å². The van der Waals surface area contributed by atoms with Gasteiger partial charge in [0.2, 0.25) is 11.6 Å². The number of rotatable bonds is 0. The van der Waals surface area contributed by atoms with Gasteiger partial charge in [-0.2, -0.15) is 0 Å². The molecule has 1 unspecified atom stereocenters. The molecule has 2 atom stereocenters. The molecule has 2 rings (SSSR count). The van der Waals surface area contributed by atoms with Gasteiger partial charge in [-0.3, -0.25) is 9.59 Å². The molecular formula is C10H14O2. The highest BCUT2D eigenvalue weighted by Crippen LogP contribution is 2.61. The van der Waals surface area contributed by atoms with Crippen molar-refractivity contribution in [2.45, 2.75) is 33.6 Å². The minimum atomic E-state index is -0.352. The molecule has 0 aliphatic heterocycles. The smallest absolute Gasteiger partial charge is 0.205 e. The van der Waals surface area contributed by atoms with Crippen molar-refractivity contribution in [3.63, 3.8) is 0 Å². The second-order valence-electron chi connectivity index (χ2n) is 4.84. The van der Waals surface area contributed by atoms with Crippen LogP contribution in [-0.2, 0) is 9.59 Å². The lowest BCUT2D eigenvalue weighted by Gasteiger charge is -2.31. The summed E-state index contributed by atoms with van der Waals surface area (Å²) < 4.78 is 0. The van der Waals surface area contributed by atoms with Gasteiger partial charge in [-0.15, -0.1) is 0 Å². The Balaban J connectivity index is 2.58. The van der Waals surface area contributed by atoms with E-state index in [9.17, 15) is 9.59 Å². The van der Waals surface area contributed by atoms with Crippen LogP contribution in [0.3, 0.4) is 0 Å². The van der Waals surface area contributed by atoms with E-state index in [0.717, 1.165) is 12.8 Å². The standard InChI is InChI=1S/C10H14O2/c1-9(2)6-4-5-10(9,3)8(12)7(6)11/h6H,4-5H2,1-3H3/t6?,10-/m0/s1. The van der Waals surface area contributed by atoms with E-state index in [1.54, 1.807) is 0 Å². The lowest BCUT2D eigenvalue weighted by Crippen LogP contribution is -2.33. The first-order valence-electron chi connectivity index (χ1n) is 4.50. The predicted octanol–water partition coefficient (Wildman–Crippen LogP) is 1.58. The second-order valence-corrected chi connectivity index (χ2v) is 4.84. The molecule has 2 heteroatoms. The zero-order valence-corrected chi connectivity index (χ0v) is 7.81. The largest absolute Gasteiger partial charge is 0.291 e. The van der Waals surface area contributed by atoms with Gasteiger partial charge >= 0.3 is 0 Å². The van der Waals surface area contributed by atoms with Crippen molar-refractivity contribution in [3.8, 4) is 0 Å². The van der Waals surface area contributed by atoms with E-state index in [2.05, 4.69) is 0 Å². The van der Waals surface area contributed by atoms with Crippen LogP contribution in [0, 0.1) is 16.7 Å². The average molecular weight is 166 g/mol. The lowest BCUT2D eigenvalue weighted by atomic mass is 9.70. The van der Waals surface area contributed by atoms with Gasteiger partial charge in [0.1, 0.15) is 0 Å². The zero-order chi connectivity index (χ0) is 9.15. The Hall–Kier alpha value is -0.660. The molecule has 0 saturated heterocycles. The van der Waals surface area contributed by atoms with E-state index >= 15 is 0 Å². The fraction of sp³-hybridized carbons (Fsp3) is 0.800. The van der Waals surface area contributed by atoms with Crippen molar-refractivity contribution >= 4 is 11.6 Å². The Kier molecular flexibility index (Phi) is 1.20. The Morgan fingerprint density at radius 2 is 1.83 bits per heavy atom. The van der Waals surface area contributed by atoms with Gasteiger partial charge in [0.15, 0.2) is 0 Å². The molecule has 2 nitrogen and oxygen atoms in total. The Morgan fingerprint density at radius 1 is 1.25 bits per heavy atom. The normalized spacial score (nSPS) is 44.1. The third-order valence-corrected chi connectivity index (χ3v) is 4.27. The number of hydrogen-bond donors (Lipinski definition) is 0. The molecule has 2 aliphatic rings. The number of Topliss-reactive ketones (excluding diaryl/α,β-unsaturated/α-hetero) is 2. The fourth-order valence-corrected chi connectivity index (χ4v) is 2.80. The average Bonchev–Trinajstić information content (AvgIpc) is 2.26. The molecular weight excluding hydrogens is 152 g/mol. The third-order valence-electron chi connectivity index (χ3n) is 4.27. The van der Waals surface area contributed by atoms with Crippen LogP contribution in [0.5, 0.6) is 0 Å². The molecule has 0 aromatic rings. The Morgan fingerprint density at radius 3 is 2.08 bits per heavy atom. The fourth-order valence-electron chi connectivity index (χ4n) is 2.80. The zero-order valence-electron chi connectivity index (χ0n) is 7.81. The summed E-state index contributed by atoms with van der Waals surface area (Å²) in [5.74, 6) is -0.229. The monoisotopic (exact) mass is 166 g/mol. The highest BCUT2D eigenvalue weighted by Gasteiger charge is 2.66. The molecule has 2 fully saturated rings. The van der Waals surface area contributed by atoms with Crippen LogP contribution in [0.25, 0.3) is 0 Å². The maximum Gasteiger partial charge on any atom is 0.205 e. The number of ketones is 2. The summed E-state index contributed by atoms with van der Waals surface area (Å²) >= 11 is 0. The van der Waals surface area contributed by atoms with Crippen molar-refractivity contribution in [1.82, 2.24) is 0 Å². The summed E-state index contributed by atoms with van der Waals surface area (Å²) in [6.07, 6.45) is 1.81. The van der Waals surface area contributed by atoms with E-state index in [1.165, 1.54) is 0 Å². The van der Waals surface area contributed by atoms with E-state index in [1.807, 2.05) is 20.8 Å². The van der Waals surface area contributed by atoms with Crippen LogP contribution in [0.1, 0.15) is 33.6 Å². The molecule has 2 bridgehead atoms. The van der Waals surface area contributed by atoms with Gasteiger partial charge in [-0.25, -0.2) is 0 Å². The Labute approximate surface area is 72.3 Å². The summed E-state index contributed by atoms with van der Waals surface area (Å²) in [4.78, 5) is 23.0. The molecule has 0 heterocycles. The summed E-state index contributed by atoms with van der Waals surface area (Å²) in [6, 6.07) is 0. The van der Waals surface area contributed by atoms with Gasteiger partial charge in [-0.1, -0.05) is 20.8 Å². The SMILES string of the molecule is CC1(C)C2CC[C@@]1(C)C(=O)C2=O. The quantitative estimate of drug-likeness (QED) is 0.512. The summed E-state index contributed by atoms with van der Waals surface area (Å²) in [7, 11) is 0. The molecule has 0 radical (unpaired) electrons. The predicted molar refractivity (Wildman–Crippen MR) is 44.6 cm³/mol. The highest BCUT2D eigenvalue weighted by molar-refractivity contribution is 6.43. The maximum absolute atomic E-state index is 11.6. The van der Waals surface area contributed by atoms with Crippen molar-refractivity contribution in [3.05, 3.63) is 0 Å². The summed E-state index contributed by atoms with van der Waals surface area (Å²) in [6.45, 7) is 6.04. The third kappa shape index (κ3) is 0.551. The van der Waals surface area contributed by atoms with Crippen LogP contribution in [0.2, 0.25) is 0 Å². The van der Waals surface area contributed by atoms with E-state index < -0.39 is 0 Å². The molecule has 12 heavy (non-hydrogen) atoms. The second kappa shape index (κ2) is 1.81. The molecule has 0 amide bonds. The summed E-state index contributed by atoms with van der Waals surface area (Å²) in [5, 5.41) is 0. The molecule has 2 saturated carbocycles. The minimum absolute atomic E-state index is 0.00926. The molecule has 0 aromatic carbocycles. The van der Waals surface area contributed by atoms with Crippen molar-refractivity contribution in [2.75, 3.05) is 0 Å². The van der Waals surface area contributed by atoms with E-state index in [0.29, 0.717) is 0 Å². The topological polar surface area (TPSA) is 34.1 Å². The molecule has 0 N–H and O–H groups in total. The van der Waals surface area contributed by atoms with Crippen molar-refractivity contribution in [2.24, 2.45) is 16.7 Å². The lowest BCUT2D eigenvalue weighted by molar-refractivity contribution is -0.141. The van der Waals surface area contributed by atoms with Gasteiger partial charge in [0, 0.05) is 11.3 Å². The van der Waals surface area contributed by atoms with Gasteiger partial charge in [0.25, 0.3) is 0 Å². The number of carbonyl (C=O) groups is 2. The van der Waals surface area contributed by atoms with Crippen LogP contribution in [0.15, 0.2) is 0 Å². The minimum Gasteiger partial charge on any atom is -0.291 e. The van der Waals surface area contributed by atoms with Gasteiger partial charge in [-0.05, 0) is 18.3 Å². The van der Waals surface area contributed by atoms with Crippen LogP contribution in [-0.4, -0.2) is 11.6 Å². The Bertz CT molecular complexity index is 278. The van der Waals surface area contributed by atoms with Crippen LogP contribution < -0.4 is 0 Å². The number of carbonyl (C=O) groups excluding carboxylic acids is 2. The van der Waals surface area contributed by atoms with Crippen LogP contribution >= 0.6 is 0 Å². The highest BCUT2D eigenvalue weighted by atomic mass is 16.2.